The number of nitrogens with zero attached hydrogens (tertiary/aromatic N) is 20. The van der Waals surface area contributed by atoms with E-state index >= 15 is 19.2 Å². The van der Waals surface area contributed by atoms with Crippen LogP contribution in [0.2, 0.25) is 0 Å². The normalized spacial score (nSPS) is 18.4. The van der Waals surface area contributed by atoms with E-state index in [-0.39, 0.29) is 216 Å². The van der Waals surface area contributed by atoms with Gasteiger partial charge >= 0.3 is 0 Å². The number of aliphatic hydroxyl groups is 1. The highest BCUT2D eigenvalue weighted by molar-refractivity contribution is 5.89. The quantitative estimate of drug-likeness (QED) is 0.0353. The van der Waals surface area contributed by atoms with Gasteiger partial charge in [-0.05, 0) is 61.7 Å². The number of nitrogens with one attached hydrogen (secondary N) is 4. The first-order valence-electron chi connectivity index (χ1n) is 48.6. The summed E-state index contributed by atoms with van der Waals surface area (Å²) in [5.74, 6) is -22.8. The van der Waals surface area contributed by atoms with Crippen LogP contribution in [0.3, 0.4) is 0 Å². The van der Waals surface area contributed by atoms with E-state index in [9.17, 15) is 138 Å². The Bertz CT molecular complexity index is 3740. The van der Waals surface area contributed by atoms with E-state index in [0.717, 1.165) is 14.7 Å². The molecule has 0 aromatic heterocycles. The van der Waals surface area contributed by atoms with Crippen LogP contribution in [0.15, 0.2) is 0 Å². The van der Waals surface area contributed by atoms with Gasteiger partial charge in [0, 0.05) is 344 Å². The molecule has 826 valence electrons. The Hall–Kier alpha value is -10.8. The molecule has 4 heterocycles. The first-order valence-corrected chi connectivity index (χ1v) is 48.6. The Morgan fingerprint density at radius 1 is 0.214 bits per heavy atom. The number of carbonyl (C=O) groups is 19. The zero-order valence-corrected chi connectivity index (χ0v) is 84.5. The smallest absolute Gasteiger partial charge is 0.239 e. The van der Waals surface area contributed by atoms with Crippen LogP contribution in [0.4, 0.5) is 0 Å². The fourth-order valence-corrected chi connectivity index (χ4v) is 16.8. The summed E-state index contributed by atoms with van der Waals surface area (Å²) < 4.78 is 0. The topological polar surface area (TPSA) is 734 Å². The van der Waals surface area contributed by atoms with Gasteiger partial charge in [-0.15, -0.1) is 0 Å². The van der Waals surface area contributed by atoms with E-state index in [1.165, 1.54) is 63.7 Å². The highest BCUT2D eigenvalue weighted by Gasteiger charge is 2.38. The fourth-order valence-electron chi connectivity index (χ4n) is 16.8. The number of β-amino-alcohol motifs (C(OH)–C–C–N with tert-alkyl or cyclic N) is 1. The molecule has 0 aromatic rings. The summed E-state index contributed by atoms with van der Waals surface area (Å²) >= 11 is 0. The van der Waals surface area contributed by atoms with E-state index < -0.39 is 299 Å². The predicted octanol–water partition coefficient (Wildman–Crippen LogP) is -26.8. The average Bonchev–Trinajstić information content (AvgIpc) is 0.837. The second-order valence-electron chi connectivity index (χ2n) is 38.1. The number of aliphatic carboxylic acids is 11. The SMILES string of the molecule is CC(C)N(CC(=O)NCC(CNC(=O)CN(C(=O)CN1CCN(CC(=O)[O-])CCN(CC(=O)[O-])CCN(CC(=O)[O-])CC1)C(C)C)(CNC(=O)CN(C(=O)CN1CCN(CC(=O)[O-])CCN(CC(=O)[O-])CCN(CC(=O)[O-])CC1)C(C)C)CNC(=O)CN(C(=O)CN1CCN(CC(=O)[O-])CCN(CC([O-])O)CCN(CC(=O)[O-])CC1)C(C)C)C(=O)CN1CCN(CC(=O)[O-])CCN(CC(=O)[O-])CCN(CC(=O)[O-])CC1. The number of carboxylic acid groups (broad SMARTS) is 11. The zero-order valence-electron chi connectivity index (χ0n) is 84.5. The van der Waals surface area contributed by atoms with Gasteiger partial charge in [0.05, 0.1) is 118 Å². The molecular weight excluding hydrogens is 1920 g/mol. The first-order chi connectivity index (χ1) is 68.2. The van der Waals surface area contributed by atoms with Gasteiger partial charge in [-0.2, -0.15) is 0 Å². The van der Waals surface area contributed by atoms with Gasteiger partial charge in [0.1, 0.15) is 0 Å². The number of hydrogen-bond acceptors (Lipinski definition) is 48. The summed E-state index contributed by atoms with van der Waals surface area (Å²) in [5.41, 5.74) is -1.95. The summed E-state index contributed by atoms with van der Waals surface area (Å²) in [6, 6.07) is -3.25. The molecule has 0 radical (unpaired) electrons. The Kier molecular flexibility index (Phi) is 58.0. The lowest BCUT2D eigenvalue weighted by Crippen LogP contribution is -2.60. The third-order valence-electron chi connectivity index (χ3n) is 25.1. The molecule has 4 saturated heterocycles. The molecule has 1 atom stereocenters. The minimum Gasteiger partial charge on any atom is -0.830 e. The second kappa shape index (κ2) is 66.4. The first kappa shape index (κ1) is 126. The molecule has 4 aliphatic heterocycles. The van der Waals surface area contributed by atoms with Crippen molar-refractivity contribution in [3.8, 4) is 0 Å². The molecule has 4 aliphatic rings. The van der Waals surface area contributed by atoms with E-state index in [4.69, 9.17) is 0 Å². The largest absolute Gasteiger partial charge is 0.830 e. The number of carbonyl (C=O) groups excluding carboxylic acids is 19. The minimum atomic E-state index is -2.06. The van der Waals surface area contributed by atoms with Crippen molar-refractivity contribution in [2.45, 2.75) is 85.8 Å². The number of rotatable bonds is 52. The Morgan fingerprint density at radius 3 is 0.428 bits per heavy atom. The highest BCUT2D eigenvalue weighted by Crippen LogP contribution is 2.18. The molecule has 5 N–H and O–H groups in total. The summed E-state index contributed by atoms with van der Waals surface area (Å²) in [6.07, 6.45) is -2.06. The molecule has 1 unspecified atom stereocenters. The molecule has 0 spiro atoms. The Labute approximate surface area is 844 Å². The monoisotopic (exact) mass is 2060 g/mol. The fraction of sp³-hybridized carbons (Fsp3) is 0.787. The minimum absolute atomic E-state index is 0.000919. The van der Waals surface area contributed by atoms with Crippen LogP contribution in [0.25, 0.3) is 0 Å². The van der Waals surface area contributed by atoms with Crippen molar-refractivity contribution < 1.29 is 157 Å². The van der Waals surface area contributed by atoms with Crippen LogP contribution < -0.4 is 82.5 Å². The highest BCUT2D eigenvalue weighted by atomic mass is 16.5. The lowest BCUT2D eigenvalue weighted by molar-refractivity contribution is -0.483. The lowest BCUT2D eigenvalue weighted by Gasteiger charge is -2.37. The van der Waals surface area contributed by atoms with Gasteiger partial charge in [-0.25, -0.2) is 0 Å². The van der Waals surface area contributed by atoms with Gasteiger partial charge in [0.2, 0.25) is 47.3 Å². The molecule has 4 fully saturated rings. The van der Waals surface area contributed by atoms with Crippen molar-refractivity contribution in [2.24, 2.45) is 5.41 Å². The number of aliphatic hydroxyl groups excluding tert-OH is 1. The third kappa shape index (κ3) is 54.5. The van der Waals surface area contributed by atoms with Gasteiger partial charge < -0.3 is 160 Å². The van der Waals surface area contributed by atoms with Crippen molar-refractivity contribution in [3.05, 3.63) is 0 Å². The standard InChI is InChI=1S/C89H157N24O32/c1-65(2)110(73(118)45-94-9-17-98(49-77(122)123)25-33-106(57-85(138)139)34-26-99(18-10-94)50-78(124)125)41-69(114)90-61-89(62-91-70(115)42-111(66(3)4)74(119)46-95-11-19-100(51-79(126)127)27-35-107(58-86(140)141)36-28-101(20-12-95)52-80(128)129,63-92-71(116)43-112(67(5)6)75(120)47-96-13-21-102(53-81(130)131)29-37-108(59-87(142)143)38-30-103(22-14-96)54-82(132)133)64-93-72(117)44-113(68(7)8)76(121)48-97-15-23-104(55-83(134)135)31-39-109(60-88(144)145)40-32-105(24-16-97)56-84(136)137/h65-68,85,138H,9-64H2,1-8H3,(H,90,114)(H,91,115)(H,92,116)(H,93,117)(H,122,123)(H,124,125)(H,126,127)(H,128,129)(H,130,131)(H,132,133)(H,134,135)(H,136,137)(H,140,141)(H,142,143)(H,144,145)/q-1/p-11. The maximum absolute atomic E-state index is 15.1. The van der Waals surface area contributed by atoms with Crippen molar-refractivity contribution in [1.29, 1.82) is 0 Å². The van der Waals surface area contributed by atoms with Gasteiger partial charge in [-0.1, -0.05) is 0 Å². The van der Waals surface area contributed by atoms with Crippen LogP contribution >= 0.6 is 0 Å². The third-order valence-corrected chi connectivity index (χ3v) is 25.1. The molecule has 8 amide bonds. The van der Waals surface area contributed by atoms with Crippen LogP contribution in [0.5, 0.6) is 0 Å². The Morgan fingerprint density at radius 2 is 0.324 bits per heavy atom. The van der Waals surface area contributed by atoms with Gasteiger partial charge in [0.25, 0.3) is 0 Å². The summed E-state index contributed by atoms with van der Waals surface area (Å²) in [7, 11) is 0. The molecule has 0 aromatic carbocycles. The summed E-state index contributed by atoms with van der Waals surface area (Å²) in [4.78, 5) is 281. The van der Waals surface area contributed by atoms with Gasteiger partial charge in [0.15, 0.2) is 0 Å². The number of carboxylic acids is 11. The van der Waals surface area contributed by atoms with E-state index in [2.05, 4.69) is 21.3 Å². The maximum Gasteiger partial charge on any atom is 0.239 e. The second-order valence-corrected chi connectivity index (χ2v) is 38.1. The van der Waals surface area contributed by atoms with Crippen LogP contribution in [0, 0.1) is 5.41 Å². The van der Waals surface area contributed by atoms with E-state index in [1.54, 1.807) is 75.0 Å². The molecule has 4 rings (SSSR count). The van der Waals surface area contributed by atoms with Crippen molar-refractivity contribution in [3.63, 3.8) is 0 Å². The number of amides is 8. The van der Waals surface area contributed by atoms with Gasteiger partial charge in [-0.3, -0.25) is 117 Å². The molecular formula is C89H146N24O32-12. The molecule has 145 heavy (non-hydrogen) atoms. The van der Waals surface area contributed by atoms with Crippen LogP contribution in [-0.4, -0.2) is 613 Å². The van der Waals surface area contributed by atoms with Crippen LogP contribution in [-0.2, 0) is 91.1 Å². The number of hydrogen-bond donors (Lipinski definition) is 5. The Balaban J connectivity index is 1.94. The summed E-state index contributed by atoms with van der Waals surface area (Å²) in [6.45, 7) is -3.66. The molecule has 0 bridgehead atoms. The van der Waals surface area contributed by atoms with E-state index in [0.29, 0.717) is 0 Å². The van der Waals surface area contributed by atoms with Crippen LogP contribution in [0.1, 0.15) is 55.4 Å². The lowest BCUT2D eigenvalue weighted by atomic mass is 9.86. The average molecular weight is 2060 g/mol. The summed E-state index contributed by atoms with van der Waals surface area (Å²) in [5, 5.41) is 165. The predicted molar refractivity (Wildman–Crippen MR) is 486 cm³/mol. The van der Waals surface area contributed by atoms with Crippen molar-refractivity contribution >= 4 is 113 Å². The molecule has 56 heteroatoms. The molecule has 56 nitrogen and oxygen atoms in total. The van der Waals surface area contributed by atoms with E-state index in [1.807, 2.05) is 0 Å². The van der Waals surface area contributed by atoms with Crippen molar-refractivity contribution in [1.82, 2.24) is 119 Å². The zero-order chi connectivity index (χ0) is 108. The maximum atomic E-state index is 15.1. The molecule has 0 aliphatic carbocycles. The van der Waals surface area contributed by atoms with Crippen molar-refractivity contribution in [2.75, 3.05) is 367 Å². The molecule has 0 saturated carbocycles.